The molecule has 0 atom stereocenters. The van der Waals surface area contributed by atoms with E-state index in [0.717, 1.165) is 45.1 Å². The van der Waals surface area contributed by atoms with Crippen LogP contribution in [-0.2, 0) is 26.8 Å². The molecule has 4 heteroatoms. The molecule has 14 heavy (non-hydrogen) atoms. The molecule has 0 aromatic heterocycles. The van der Waals surface area contributed by atoms with Gasteiger partial charge in [0.1, 0.15) is 5.79 Å². The van der Waals surface area contributed by atoms with Crippen LogP contribution in [0.15, 0.2) is 0 Å². The van der Waals surface area contributed by atoms with E-state index in [2.05, 4.69) is 18.9 Å². The van der Waals surface area contributed by atoms with E-state index in [9.17, 15) is 0 Å². The molecule has 0 unspecified atom stereocenters. The van der Waals surface area contributed by atoms with Gasteiger partial charge in [0.2, 0.25) is 0 Å². The Balaban J connectivity index is 0.000000980. The summed E-state index contributed by atoms with van der Waals surface area (Å²) in [6.45, 7) is 5.04. The minimum absolute atomic E-state index is 0. The molecule has 3 nitrogen and oxygen atoms in total. The Morgan fingerprint density at radius 3 is 2.50 bits per heavy atom. The minimum Gasteiger partial charge on any atom is -0.524 e. The topological polar surface area (TPSA) is 21.7 Å². The van der Waals surface area contributed by atoms with Crippen LogP contribution in [0.1, 0.15) is 26.2 Å². The van der Waals surface area contributed by atoms with Gasteiger partial charge in [-0.2, -0.15) is 13.0 Å². The van der Waals surface area contributed by atoms with E-state index in [0.29, 0.717) is 0 Å². The molecule has 0 saturated carbocycles. The van der Waals surface area contributed by atoms with Gasteiger partial charge in [0.05, 0.1) is 0 Å². The summed E-state index contributed by atoms with van der Waals surface area (Å²) >= 11 is 0. The third-order valence-corrected chi connectivity index (χ3v) is 2.93. The van der Waals surface area contributed by atoms with Gasteiger partial charge in [0, 0.05) is 49.9 Å². The zero-order valence-electron chi connectivity index (χ0n) is 8.91. The fourth-order valence-electron chi connectivity index (χ4n) is 1.98. The number of ether oxygens (including phenoxy) is 2. The van der Waals surface area contributed by atoms with Crippen molar-refractivity contribution in [2.24, 2.45) is 0 Å². The van der Waals surface area contributed by atoms with E-state index >= 15 is 0 Å². The zero-order valence-corrected chi connectivity index (χ0v) is 10.2. The van der Waals surface area contributed by atoms with Crippen LogP contribution in [-0.4, -0.2) is 37.4 Å². The number of likely N-dealkylation sites (tertiary alicyclic amines) is 1. The van der Waals surface area contributed by atoms with Crippen LogP contribution in [0.25, 0.3) is 0 Å². The van der Waals surface area contributed by atoms with Gasteiger partial charge in [-0.05, 0) is 7.05 Å². The maximum absolute atomic E-state index is 5.83. The van der Waals surface area contributed by atoms with Gasteiger partial charge < -0.3 is 14.4 Å². The molecule has 2 aliphatic rings. The quantitative estimate of drug-likeness (QED) is 0.593. The largest absolute Gasteiger partial charge is 0.524 e. The molecule has 2 rings (SSSR count). The Hall–Kier alpha value is 0.412. The third-order valence-electron chi connectivity index (χ3n) is 2.93. The molecule has 0 aromatic carbocycles. The van der Waals surface area contributed by atoms with E-state index in [1.807, 2.05) is 0 Å². The van der Waals surface area contributed by atoms with Crippen LogP contribution >= 0.6 is 0 Å². The zero-order chi connectivity index (χ0) is 9.31. The summed E-state index contributed by atoms with van der Waals surface area (Å²) in [5, 5.41) is 0. The summed E-state index contributed by atoms with van der Waals surface area (Å²) < 4.78 is 11.6. The summed E-state index contributed by atoms with van der Waals surface area (Å²) in [5.41, 5.74) is 0. The molecule has 2 heterocycles. The monoisotopic (exact) mass is 236 g/mol. The van der Waals surface area contributed by atoms with E-state index in [-0.39, 0.29) is 23.1 Å². The summed E-state index contributed by atoms with van der Waals surface area (Å²) in [6, 6.07) is 0. The van der Waals surface area contributed by atoms with Gasteiger partial charge >= 0.3 is 0 Å². The molecule has 0 radical (unpaired) electrons. The second-order valence-corrected chi connectivity index (χ2v) is 4.12. The molecule has 2 saturated heterocycles. The van der Waals surface area contributed by atoms with E-state index < -0.39 is 0 Å². The summed E-state index contributed by atoms with van der Waals surface area (Å²) in [6.07, 6.45) is 4.09. The molecule has 0 amide bonds. The van der Waals surface area contributed by atoms with Gasteiger partial charge in [0.25, 0.3) is 0 Å². The SMILES string of the molecule is C[C-]1CCOC2(CCN(C)CC2)O1.[Cr]. The van der Waals surface area contributed by atoms with Crippen molar-refractivity contribution in [3.8, 4) is 0 Å². The van der Waals surface area contributed by atoms with Crippen molar-refractivity contribution in [3.63, 3.8) is 0 Å². The number of hydrogen-bond donors (Lipinski definition) is 0. The molecule has 0 aromatic rings. The first-order valence-electron chi connectivity index (χ1n) is 5.04. The van der Waals surface area contributed by atoms with E-state index in [4.69, 9.17) is 9.47 Å². The van der Waals surface area contributed by atoms with Crippen molar-refractivity contribution in [1.82, 2.24) is 4.90 Å². The second kappa shape index (κ2) is 4.96. The Morgan fingerprint density at radius 1 is 1.29 bits per heavy atom. The summed E-state index contributed by atoms with van der Waals surface area (Å²) in [5.74, 6) is -0.269. The predicted octanol–water partition coefficient (Wildman–Crippen LogP) is 1.39. The van der Waals surface area contributed by atoms with E-state index in [1.54, 1.807) is 0 Å². The Bertz CT molecular complexity index is 181. The second-order valence-electron chi connectivity index (χ2n) is 4.12. The van der Waals surface area contributed by atoms with Crippen molar-refractivity contribution in [1.29, 1.82) is 0 Å². The van der Waals surface area contributed by atoms with Crippen molar-refractivity contribution in [3.05, 3.63) is 6.10 Å². The van der Waals surface area contributed by atoms with Gasteiger partial charge in [-0.15, -0.1) is 6.42 Å². The average Bonchev–Trinajstić information content (AvgIpc) is 2.11. The number of hydrogen-bond acceptors (Lipinski definition) is 3. The van der Waals surface area contributed by atoms with Crippen molar-refractivity contribution in [2.75, 3.05) is 26.7 Å². The third kappa shape index (κ3) is 2.71. The van der Waals surface area contributed by atoms with Crippen LogP contribution in [0.2, 0.25) is 0 Å². The van der Waals surface area contributed by atoms with Crippen molar-refractivity contribution < 1.29 is 26.8 Å². The molecular weight excluding hydrogens is 218 g/mol. The van der Waals surface area contributed by atoms with Gasteiger partial charge in [-0.3, -0.25) is 0 Å². The van der Waals surface area contributed by atoms with Gasteiger partial charge in [-0.1, -0.05) is 0 Å². The number of rotatable bonds is 0. The maximum Gasteiger partial charge on any atom is 0.141 e. The Morgan fingerprint density at radius 2 is 1.93 bits per heavy atom. The first kappa shape index (κ1) is 12.5. The standard InChI is InChI=1S/C10H18NO2.Cr/c1-9-3-8-12-10(13-9)4-6-11(2)7-5-10;/h3-8H2,1-2H3;/q-1;. The first-order chi connectivity index (χ1) is 6.20. The van der Waals surface area contributed by atoms with E-state index in [1.165, 1.54) is 0 Å². The molecular formula is C10H18CrNO2-. The normalized spacial score (nSPS) is 28.7. The van der Waals surface area contributed by atoms with Gasteiger partial charge in [-0.25, -0.2) is 0 Å². The molecule has 0 bridgehead atoms. The predicted molar refractivity (Wildman–Crippen MR) is 50.0 cm³/mol. The number of piperidine rings is 1. The van der Waals surface area contributed by atoms with Crippen LogP contribution in [0.4, 0.5) is 0 Å². The minimum atomic E-state index is -0.269. The molecule has 1 spiro atoms. The van der Waals surface area contributed by atoms with Crippen LogP contribution < -0.4 is 0 Å². The summed E-state index contributed by atoms with van der Waals surface area (Å²) in [4.78, 5) is 2.32. The average molecular weight is 236 g/mol. The fourth-order valence-corrected chi connectivity index (χ4v) is 1.98. The van der Waals surface area contributed by atoms with Crippen molar-refractivity contribution in [2.45, 2.75) is 32.0 Å². The molecule has 82 valence electrons. The summed E-state index contributed by atoms with van der Waals surface area (Å²) in [7, 11) is 2.15. The molecule has 0 N–H and O–H groups in total. The van der Waals surface area contributed by atoms with Crippen LogP contribution in [0, 0.1) is 6.10 Å². The molecule has 2 fully saturated rings. The molecule has 2 aliphatic heterocycles. The van der Waals surface area contributed by atoms with Crippen molar-refractivity contribution >= 4 is 0 Å². The van der Waals surface area contributed by atoms with Crippen LogP contribution in [0.3, 0.4) is 0 Å². The smallest absolute Gasteiger partial charge is 0.141 e. The van der Waals surface area contributed by atoms with Crippen LogP contribution in [0.5, 0.6) is 0 Å². The molecule has 0 aliphatic carbocycles. The Kier molecular flexibility index (Phi) is 4.42. The Labute approximate surface area is 96.9 Å². The fraction of sp³-hybridized carbons (Fsp3) is 0.900. The van der Waals surface area contributed by atoms with Gasteiger partial charge in [0.15, 0.2) is 0 Å². The first-order valence-corrected chi connectivity index (χ1v) is 5.04. The number of nitrogens with zero attached hydrogens (tertiary/aromatic N) is 1. The maximum atomic E-state index is 5.83.